The van der Waals surface area contributed by atoms with Crippen LogP contribution in [0.3, 0.4) is 0 Å². The number of urea groups is 1. The second-order valence-corrected chi connectivity index (χ2v) is 5.90. The molecule has 0 bridgehead atoms. The molecule has 1 aliphatic rings. The summed E-state index contributed by atoms with van der Waals surface area (Å²) in [4.78, 5) is 14.1. The van der Waals surface area contributed by atoms with Crippen LogP contribution in [0.25, 0.3) is 0 Å². The molecule has 0 aromatic carbocycles. The van der Waals surface area contributed by atoms with Gasteiger partial charge in [-0.1, -0.05) is 13.8 Å². The Morgan fingerprint density at radius 1 is 1.44 bits per heavy atom. The molecule has 2 N–H and O–H groups in total. The maximum atomic E-state index is 12.1. The van der Waals surface area contributed by atoms with Crippen LogP contribution in [0.2, 0.25) is 0 Å². The lowest BCUT2D eigenvalue weighted by atomic mass is 9.97. The van der Waals surface area contributed by atoms with Crippen molar-refractivity contribution < 1.29 is 9.90 Å². The second-order valence-electron chi connectivity index (χ2n) is 5.90. The van der Waals surface area contributed by atoms with E-state index in [2.05, 4.69) is 19.2 Å². The first-order valence-electron chi connectivity index (χ1n) is 7.19. The van der Waals surface area contributed by atoms with E-state index >= 15 is 0 Å². The monoisotopic (exact) mass is 256 g/mol. The maximum absolute atomic E-state index is 12.1. The van der Waals surface area contributed by atoms with Crippen molar-refractivity contribution in [3.8, 4) is 0 Å². The molecule has 0 saturated carbocycles. The number of hydrogen-bond donors (Lipinski definition) is 2. The highest BCUT2D eigenvalue weighted by Crippen LogP contribution is 2.21. The summed E-state index contributed by atoms with van der Waals surface area (Å²) < 4.78 is 0. The molecule has 4 nitrogen and oxygen atoms in total. The quantitative estimate of drug-likeness (QED) is 0.810. The molecule has 18 heavy (non-hydrogen) atoms. The van der Waals surface area contributed by atoms with Crippen molar-refractivity contribution in [2.24, 2.45) is 11.8 Å². The number of hydrogen-bond acceptors (Lipinski definition) is 2. The van der Waals surface area contributed by atoms with Crippen molar-refractivity contribution in [3.63, 3.8) is 0 Å². The summed E-state index contributed by atoms with van der Waals surface area (Å²) in [6, 6.07) is 0.196. The number of aliphatic hydroxyl groups is 1. The molecule has 0 aliphatic carbocycles. The van der Waals surface area contributed by atoms with Gasteiger partial charge in [0.25, 0.3) is 0 Å². The van der Waals surface area contributed by atoms with Crippen molar-refractivity contribution in [3.05, 3.63) is 0 Å². The molecule has 4 heteroatoms. The van der Waals surface area contributed by atoms with Crippen LogP contribution in [0.15, 0.2) is 0 Å². The molecular formula is C14H28N2O2. The first-order chi connectivity index (χ1) is 8.52. The molecule has 3 atom stereocenters. The van der Waals surface area contributed by atoms with Gasteiger partial charge >= 0.3 is 6.03 Å². The maximum Gasteiger partial charge on any atom is 0.317 e. The predicted octanol–water partition coefficient (Wildman–Crippen LogP) is 2.22. The van der Waals surface area contributed by atoms with Crippen molar-refractivity contribution >= 4 is 6.03 Å². The second kappa shape index (κ2) is 7.62. The van der Waals surface area contributed by atoms with Crippen LogP contribution < -0.4 is 5.32 Å². The van der Waals surface area contributed by atoms with Gasteiger partial charge in [-0.25, -0.2) is 4.79 Å². The third-order valence-electron chi connectivity index (χ3n) is 3.68. The van der Waals surface area contributed by atoms with Crippen LogP contribution in [-0.4, -0.2) is 41.8 Å². The molecule has 1 aliphatic heterocycles. The molecule has 1 fully saturated rings. The fourth-order valence-electron chi connectivity index (χ4n) is 2.68. The zero-order chi connectivity index (χ0) is 13.5. The zero-order valence-corrected chi connectivity index (χ0v) is 12.0. The van der Waals surface area contributed by atoms with E-state index in [-0.39, 0.29) is 18.7 Å². The molecule has 0 aromatic rings. The van der Waals surface area contributed by atoms with Crippen LogP contribution >= 0.6 is 0 Å². The summed E-state index contributed by atoms with van der Waals surface area (Å²) >= 11 is 0. The van der Waals surface area contributed by atoms with Crippen molar-refractivity contribution in [1.29, 1.82) is 0 Å². The molecule has 106 valence electrons. The third-order valence-corrected chi connectivity index (χ3v) is 3.68. The minimum Gasteiger partial charge on any atom is -0.396 e. The highest BCUT2D eigenvalue weighted by Gasteiger charge is 2.23. The Bertz CT molecular complexity index is 258. The Balaban J connectivity index is 2.40. The normalized spacial score (nSPS) is 26.6. The van der Waals surface area contributed by atoms with E-state index in [4.69, 9.17) is 5.11 Å². The molecular weight excluding hydrogens is 228 g/mol. The van der Waals surface area contributed by atoms with Crippen molar-refractivity contribution in [2.75, 3.05) is 19.7 Å². The minimum atomic E-state index is 0.0568. The van der Waals surface area contributed by atoms with Crippen LogP contribution in [0.4, 0.5) is 4.79 Å². The highest BCUT2D eigenvalue weighted by molar-refractivity contribution is 5.74. The van der Waals surface area contributed by atoms with Gasteiger partial charge in [0.2, 0.25) is 0 Å². The zero-order valence-electron chi connectivity index (χ0n) is 12.0. The number of carbonyl (C=O) groups is 1. The van der Waals surface area contributed by atoms with Gasteiger partial charge in [-0.3, -0.25) is 0 Å². The summed E-state index contributed by atoms with van der Waals surface area (Å²) in [5, 5.41) is 11.8. The van der Waals surface area contributed by atoms with Gasteiger partial charge in [0, 0.05) is 25.7 Å². The lowest BCUT2D eigenvalue weighted by Gasteiger charge is -2.25. The first kappa shape index (κ1) is 15.3. The average molecular weight is 256 g/mol. The van der Waals surface area contributed by atoms with E-state index in [0.717, 1.165) is 32.4 Å². The van der Waals surface area contributed by atoms with Gasteiger partial charge in [0.05, 0.1) is 0 Å². The van der Waals surface area contributed by atoms with Gasteiger partial charge in [-0.05, 0) is 44.4 Å². The summed E-state index contributed by atoms with van der Waals surface area (Å²) in [7, 11) is 0. The molecule has 0 spiro atoms. The fraction of sp³-hybridized carbons (Fsp3) is 0.929. The number of aliphatic hydroxyl groups excluding tert-OH is 1. The van der Waals surface area contributed by atoms with Gasteiger partial charge in [-0.2, -0.15) is 0 Å². The van der Waals surface area contributed by atoms with E-state index in [1.165, 1.54) is 6.42 Å². The third kappa shape index (κ3) is 5.25. The summed E-state index contributed by atoms with van der Waals surface area (Å²) in [6.45, 7) is 8.40. The molecule has 0 radical (unpaired) electrons. The number of amides is 2. The van der Waals surface area contributed by atoms with E-state index in [1.807, 2.05) is 11.8 Å². The Hall–Kier alpha value is -0.770. The lowest BCUT2D eigenvalue weighted by Crippen LogP contribution is -2.45. The van der Waals surface area contributed by atoms with E-state index in [9.17, 15) is 4.79 Å². The Kier molecular flexibility index (Phi) is 6.47. The van der Waals surface area contributed by atoms with Crippen LogP contribution in [0.5, 0.6) is 0 Å². The van der Waals surface area contributed by atoms with Gasteiger partial charge in [0.1, 0.15) is 0 Å². The van der Waals surface area contributed by atoms with Crippen LogP contribution in [0.1, 0.15) is 46.5 Å². The number of rotatable bonds is 4. The lowest BCUT2D eigenvalue weighted by molar-refractivity contribution is 0.188. The van der Waals surface area contributed by atoms with Crippen molar-refractivity contribution in [2.45, 2.75) is 52.5 Å². The fourth-order valence-corrected chi connectivity index (χ4v) is 2.68. The largest absolute Gasteiger partial charge is 0.396 e. The Morgan fingerprint density at radius 3 is 2.83 bits per heavy atom. The highest BCUT2D eigenvalue weighted by atomic mass is 16.3. The van der Waals surface area contributed by atoms with Crippen LogP contribution in [0, 0.1) is 11.8 Å². The molecule has 1 saturated heterocycles. The van der Waals surface area contributed by atoms with Crippen molar-refractivity contribution in [1.82, 2.24) is 10.2 Å². The van der Waals surface area contributed by atoms with Crippen LogP contribution in [-0.2, 0) is 0 Å². The predicted molar refractivity (Wildman–Crippen MR) is 73.4 cm³/mol. The number of carbonyl (C=O) groups excluding carboxylic acids is 1. The minimum absolute atomic E-state index is 0.0568. The Labute approximate surface area is 111 Å². The summed E-state index contributed by atoms with van der Waals surface area (Å²) in [6.07, 6.45) is 3.89. The van der Waals surface area contributed by atoms with E-state index in [1.54, 1.807) is 0 Å². The first-order valence-corrected chi connectivity index (χ1v) is 7.19. The molecule has 1 heterocycles. The number of likely N-dealkylation sites (tertiary alicyclic amines) is 1. The van der Waals surface area contributed by atoms with Gasteiger partial charge in [-0.15, -0.1) is 0 Å². The molecule has 2 amide bonds. The smallest absolute Gasteiger partial charge is 0.317 e. The SMILES string of the molecule is CC1CCN(C(=O)NC(C)CCCO)CC(C)C1. The number of nitrogens with one attached hydrogen (secondary N) is 1. The van der Waals surface area contributed by atoms with E-state index < -0.39 is 0 Å². The summed E-state index contributed by atoms with van der Waals surface area (Å²) in [5.41, 5.74) is 0. The molecule has 3 unspecified atom stereocenters. The van der Waals surface area contributed by atoms with Gasteiger partial charge in [0.15, 0.2) is 0 Å². The molecule has 0 aromatic heterocycles. The topological polar surface area (TPSA) is 52.6 Å². The standard InChI is InChI=1S/C14H28N2O2/c1-11-6-7-16(10-12(2)9-11)14(18)15-13(3)5-4-8-17/h11-13,17H,4-10H2,1-3H3,(H,15,18). The summed E-state index contributed by atoms with van der Waals surface area (Å²) in [5.74, 6) is 1.30. The Morgan fingerprint density at radius 2 is 2.17 bits per heavy atom. The number of nitrogens with zero attached hydrogens (tertiary/aromatic N) is 1. The van der Waals surface area contributed by atoms with Gasteiger partial charge < -0.3 is 15.3 Å². The average Bonchev–Trinajstić information content (AvgIpc) is 2.47. The molecule has 1 rings (SSSR count). The van der Waals surface area contributed by atoms with E-state index in [0.29, 0.717) is 11.8 Å².